The zero-order valence-electron chi connectivity index (χ0n) is 12.0. The van der Waals surface area contributed by atoms with Crippen LogP contribution in [0.4, 0.5) is 0 Å². The summed E-state index contributed by atoms with van der Waals surface area (Å²) in [4.78, 5) is 18.4. The smallest absolute Gasteiger partial charge is 0.243 e. The van der Waals surface area contributed by atoms with Gasteiger partial charge in [0.2, 0.25) is 5.91 Å². The molecule has 0 bridgehead atoms. The van der Waals surface area contributed by atoms with Gasteiger partial charge in [-0.3, -0.25) is 9.78 Å². The van der Waals surface area contributed by atoms with Crippen molar-refractivity contribution in [1.82, 2.24) is 9.88 Å². The Bertz CT molecular complexity index is 484. The van der Waals surface area contributed by atoms with Crippen LogP contribution in [-0.2, 0) is 11.3 Å². The number of hydrogen-bond donors (Lipinski definition) is 0. The summed E-state index contributed by atoms with van der Waals surface area (Å²) in [5.41, 5.74) is 0.179. The van der Waals surface area contributed by atoms with Crippen molar-refractivity contribution in [3.63, 3.8) is 0 Å². The Morgan fingerprint density at radius 2 is 2.10 bits per heavy atom. The van der Waals surface area contributed by atoms with Crippen molar-refractivity contribution in [2.45, 2.75) is 45.1 Å². The number of nitrogens with zero attached hydrogens (tertiary/aromatic N) is 3. The molecule has 1 aliphatic carbocycles. The third-order valence-corrected chi connectivity index (χ3v) is 4.07. The number of nitriles is 1. The van der Waals surface area contributed by atoms with Crippen LogP contribution in [0.25, 0.3) is 0 Å². The highest BCUT2D eigenvalue weighted by Crippen LogP contribution is 2.36. The van der Waals surface area contributed by atoms with Crippen molar-refractivity contribution >= 4 is 5.91 Å². The molecule has 0 N–H and O–H groups in total. The van der Waals surface area contributed by atoms with Crippen LogP contribution < -0.4 is 0 Å². The molecule has 1 aliphatic rings. The second-order valence-electron chi connectivity index (χ2n) is 5.63. The second-order valence-corrected chi connectivity index (χ2v) is 5.63. The van der Waals surface area contributed by atoms with Crippen molar-refractivity contribution in [2.75, 3.05) is 7.05 Å². The SMILES string of the molecule is CN(Cc1cccnc1)C(=O)C1(C#N)CCCCCC1. The molecule has 106 valence electrons. The molecule has 1 heterocycles. The Labute approximate surface area is 120 Å². The fourth-order valence-corrected chi connectivity index (χ4v) is 2.91. The van der Waals surface area contributed by atoms with Crippen molar-refractivity contribution in [3.8, 4) is 6.07 Å². The van der Waals surface area contributed by atoms with Crippen LogP contribution >= 0.6 is 0 Å². The maximum Gasteiger partial charge on any atom is 0.243 e. The van der Waals surface area contributed by atoms with Gasteiger partial charge >= 0.3 is 0 Å². The number of aromatic nitrogens is 1. The molecule has 0 spiro atoms. The van der Waals surface area contributed by atoms with Crippen LogP contribution in [0, 0.1) is 16.7 Å². The molecule has 1 aromatic rings. The normalized spacial score (nSPS) is 17.8. The molecule has 0 radical (unpaired) electrons. The van der Waals surface area contributed by atoms with Gasteiger partial charge in [-0.1, -0.05) is 31.7 Å². The molecule has 1 aromatic heterocycles. The third kappa shape index (κ3) is 3.16. The molecule has 4 nitrogen and oxygen atoms in total. The van der Waals surface area contributed by atoms with E-state index in [1.54, 1.807) is 24.3 Å². The minimum atomic E-state index is -0.812. The first-order valence-electron chi connectivity index (χ1n) is 7.24. The van der Waals surface area contributed by atoms with E-state index in [1.807, 2.05) is 12.1 Å². The molecule has 1 saturated carbocycles. The zero-order valence-corrected chi connectivity index (χ0v) is 12.0. The van der Waals surface area contributed by atoms with Crippen molar-refractivity contribution in [2.24, 2.45) is 5.41 Å². The highest BCUT2D eigenvalue weighted by atomic mass is 16.2. The fourth-order valence-electron chi connectivity index (χ4n) is 2.91. The van der Waals surface area contributed by atoms with E-state index in [0.29, 0.717) is 19.4 Å². The summed E-state index contributed by atoms with van der Waals surface area (Å²) < 4.78 is 0. The van der Waals surface area contributed by atoms with Crippen LogP contribution in [0.15, 0.2) is 24.5 Å². The summed E-state index contributed by atoms with van der Waals surface area (Å²) in [6, 6.07) is 6.12. The Balaban J connectivity index is 2.10. The van der Waals surface area contributed by atoms with Crippen LogP contribution in [0.3, 0.4) is 0 Å². The zero-order chi connectivity index (χ0) is 14.4. The maximum absolute atomic E-state index is 12.7. The Morgan fingerprint density at radius 1 is 1.40 bits per heavy atom. The quantitative estimate of drug-likeness (QED) is 0.794. The molecular weight excluding hydrogens is 250 g/mol. The van der Waals surface area contributed by atoms with Gasteiger partial charge in [0.25, 0.3) is 0 Å². The van der Waals surface area contributed by atoms with Gasteiger partial charge in [-0.05, 0) is 24.5 Å². The first-order valence-corrected chi connectivity index (χ1v) is 7.24. The van der Waals surface area contributed by atoms with Gasteiger partial charge in [0.15, 0.2) is 0 Å². The molecule has 1 fully saturated rings. The van der Waals surface area contributed by atoms with Crippen LogP contribution in [-0.4, -0.2) is 22.8 Å². The first kappa shape index (κ1) is 14.5. The summed E-state index contributed by atoms with van der Waals surface area (Å²) in [5.74, 6) is -0.0363. The number of carbonyl (C=O) groups is 1. The average Bonchev–Trinajstić information content (AvgIpc) is 2.74. The number of hydrogen-bond acceptors (Lipinski definition) is 3. The standard InChI is InChI=1S/C16H21N3O/c1-19(12-14-7-6-10-18-11-14)15(20)16(13-17)8-4-2-3-5-9-16/h6-7,10-11H,2-5,8-9,12H2,1H3. The monoisotopic (exact) mass is 271 g/mol. The van der Waals surface area contributed by atoms with E-state index in [0.717, 1.165) is 31.2 Å². The molecule has 20 heavy (non-hydrogen) atoms. The van der Waals surface area contributed by atoms with E-state index in [9.17, 15) is 10.1 Å². The largest absolute Gasteiger partial charge is 0.340 e. The lowest BCUT2D eigenvalue weighted by Gasteiger charge is -2.29. The number of rotatable bonds is 3. The molecule has 0 atom stereocenters. The molecule has 0 saturated heterocycles. The Kier molecular flexibility index (Phi) is 4.73. The van der Waals surface area contributed by atoms with Gasteiger partial charge < -0.3 is 4.90 Å². The first-order chi connectivity index (χ1) is 9.68. The average molecular weight is 271 g/mol. The van der Waals surface area contributed by atoms with Crippen molar-refractivity contribution in [1.29, 1.82) is 5.26 Å². The molecule has 0 unspecified atom stereocenters. The van der Waals surface area contributed by atoms with Gasteiger partial charge in [0, 0.05) is 26.0 Å². The Morgan fingerprint density at radius 3 is 2.65 bits per heavy atom. The number of amides is 1. The maximum atomic E-state index is 12.7. The van der Waals surface area contributed by atoms with Crippen LogP contribution in [0.5, 0.6) is 0 Å². The van der Waals surface area contributed by atoms with Crippen molar-refractivity contribution < 1.29 is 4.79 Å². The fraction of sp³-hybridized carbons (Fsp3) is 0.562. The molecule has 4 heteroatoms. The van der Waals surface area contributed by atoms with E-state index in [-0.39, 0.29) is 5.91 Å². The second kappa shape index (κ2) is 6.51. The predicted octanol–water partition coefficient (Wildman–Crippen LogP) is 2.90. The molecule has 0 aromatic carbocycles. The van der Waals surface area contributed by atoms with Gasteiger partial charge in [-0.15, -0.1) is 0 Å². The lowest BCUT2D eigenvalue weighted by Crippen LogP contribution is -2.40. The van der Waals surface area contributed by atoms with Crippen LogP contribution in [0.2, 0.25) is 0 Å². The van der Waals surface area contributed by atoms with Crippen LogP contribution in [0.1, 0.15) is 44.1 Å². The number of pyridine rings is 1. The molecular formula is C16H21N3O. The summed E-state index contributed by atoms with van der Waals surface area (Å²) in [6.45, 7) is 0.510. The number of carbonyl (C=O) groups excluding carboxylic acids is 1. The highest BCUT2D eigenvalue weighted by Gasteiger charge is 2.40. The van der Waals surface area contributed by atoms with Gasteiger partial charge in [0.1, 0.15) is 5.41 Å². The van der Waals surface area contributed by atoms with E-state index < -0.39 is 5.41 Å². The molecule has 1 amide bonds. The lowest BCUT2D eigenvalue weighted by molar-refractivity contribution is -0.138. The third-order valence-electron chi connectivity index (χ3n) is 4.07. The summed E-state index contributed by atoms with van der Waals surface area (Å²) in [7, 11) is 1.78. The van der Waals surface area contributed by atoms with E-state index in [2.05, 4.69) is 11.1 Å². The van der Waals surface area contributed by atoms with Gasteiger partial charge in [-0.2, -0.15) is 5.26 Å². The summed E-state index contributed by atoms with van der Waals surface area (Å²) in [6.07, 6.45) is 9.06. The predicted molar refractivity (Wildman–Crippen MR) is 76.5 cm³/mol. The van der Waals surface area contributed by atoms with Crippen molar-refractivity contribution in [3.05, 3.63) is 30.1 Å². The van der Waals surface area contributed by atoms with E-state index in [1.165, 1.54) is 0 Å². The van der Waals surface area contributed by atoms with E-state index >= 15 is 0 Å². The molecule has 0 aliphatic heterocycles. The summed E-state index contributed by atoms with van der Waals surface area (Å²) in [5, 5.41) is 9.54. The Hall–Kier alpha value is -1.89. The summed E-state index contributed by atoms with van der Waals surface area (Å²) >= 11 is 0. The van der Waals surface area contributed by atoms with Gasteiger partial charge in [-0.25, -0.2) is 0 Å². The molecule has 2 rings (SSSR count). The topological polar surface area (TPSA) is 57.0 Å². The minimum Gasteiger partial charge on any atom is -0.340 e. The lowest BCUT2D eigenvalue weighted by atomic mass is 9.80. The minimum absolute atomic E-state index is 0.0363. The highest BCUT2D eigenvalue weighted by molar-refractivity contribution is 5.85. The van der Waals surface area contributed by atoms with E-state index in [4.69, 9.17) is 0 Å². The van der Waals surface area contributed by atoms with Gasteiger partial charge in [0.05, 0.1) is 6.07 Å².